The monoisotopic (exact) mass is 343 g/mol. The number of anilines is 1. The van der Waals surface area contributed by atoms with Gasteiger partial charge in [-0.25, -0.2) is 0 Å². The molecule has 1 amide bonds. The predicted molar refractivity (Wildman–Crippen MR) is 95.4 cm³/mol. The van der Waals surface area contributed by atoms with Crippen LogP contribution in [0.2, 0.25) is 0 Å². The fraction of sp³-hybridized carbons (Fsp3) is 0.500. The quantitative estimate of drug-likeness (QED) is 0.557. The minimum atomic E-state index is -0.882. The zero-order valence-corrected chi connectivity index (χ0v) is 14.5. The van der Waals surface area contributed by atoms with Crippen molar-refractivity contribution in [1.82, 2.24) is 0 Å². The smallest absolute Gasteiger partial charge is 0.307 e. The van der Waals surface area contributed by atoms with Crippen molar-refractivity contribution < 1.29 is 19.4 Å². The van der Waals surface area contributed by atoms with E-state index in [0.717, 1.165) is 31.4 Å². The summed E-state index contributed by atoms with van der Waals surface area (Å²) >= 11 is 0. The summed E-state index contributed by atoms with van der Waals surface area (Å²) in [6.45, 7) is 2.84. The summed E-state index contributed by atoms with van der Waals surface area (Å²) in [5, 5.41) is 12.3. The number of allylic oxidation sites excluding steroid dienone is 2. The lowest BCUT2D eigenvalue weighted by Crippen LogP contribution is -2.36. The molecule has 1 aromatic carbocycles. The highest BCUT2D eigenvalue weighted by Crippen LogP contribution is 2.48. The normalized spacial score (nSPS) is 26.6. The van der Waals surface area contributed by atoms with Crippen LogP contribution >= 0.6 is 0 Å². The van der Waals surface area contributed by atoms with Crippen LogP contribution in [0.15, 0.2) is 36.4 Å². The lowest BCUT2D eigenvalue weighted by molar-refractivity contribution is -0.146. The third-order valence-corrected chi connectivity index (χ3v) is 5.19. The Morgan fingerprint density at radius 1 is 1.12 bits per heavy atom. The first-order chi connectivity index (χ1) is 12.1. The summed E-state index contributed by atoms with van der Waals surface area (Å²) < 4.78 is 5.66. The van der Waals surface area contributed by atoms with Crippen molar-refractivity contribution in [2.45, 2.75) is 32.6 Å². The average Bonchev–Trinajstić information content (AvgIpc) is 3.21. The minimum absolute atomic E-state index is 0.0165. The molecule has 0 spiro atoms. The number of ether oxygens (including phenoxy) is 1. The van der Waals surface area contributed by atoms with Gasteiger partial charge < -0.3 is 15.2 Å². The van der Waals surface area contributed by atoms with E-state index in [1.165, 1.54) is 0 Å². The second-order valence-corrected chi connectivity index (χ2v) is 6.91. The lowest BCUT2D eigenvalue weighted by Gasteiger charge is -2.23. The first-order valence-electron chi connectivity index (χ1n) is 9.05. The number of fused-ring (bicyclic) bond motifs is 2. The van der Waals surface area contributed by atoms with Crippen LogP contribution in [0.1, 0.15) is 32.6 Å². The van der Waals surface area contributed by atoms with Gasteiger partial charge in [-0.15, -0.1) is 0 Å². The van der Waals surface area contributed by atoms with E-state index in [1.54, 1.807) is 12.1 Å². The summed E-state index contributed by atoms with van der Waals surface area (Å²) in [6.07, 6.45) is 8.03. The Kier molecular flexibility index (Phi) is 5.41. The number of carbonyl (C=O) groups is 2. The van der Waals surface area contributed by atoms with Crippen LogP contribution in [0.3, 0.4) is 0 Å². The Balaban J connectivity index is 1.58. The number of carboxylic acid groups (broad SMARTS) is 1. The van der Waals surface area contributed by atoms with Crippen molar-refractivity contribution in [3.63, 3.8) is 0 Å². The number of unbranched alkanes of at least 4 members (excludes halogenated alkanes) is 2. The maximum atomic E-state index is 12.6. The third kappa shape index (κ3) is 3.86. The Morgan fingerprint density at radius 2 is 1.80 bits per heavy atom. The second kappa shape index (κ2) is 7.72. The van der Waals surface area contributed by atoms with Crippen LogP contribution in [0.4, 0.5) is 5.69 Å². The zero-order chi connectivity index (χ0) is 17.8. The van der Waals surface area contributed by atoms with Gasteiger partial charge in [-0.1, -0.05) is 31.9 Å². The van der Waals surface area contributed by atoms with Crippen LogP contribution in [0, 0.1) is 23.7 Å². The van der Waals surface area contributed by atoms with Gasteiger partial charge in [0.15, 0.2) is 0 Å². The van der Waals surface area contributed by atoms with E-state index >= 15 is 0 Å². The Bertz CT molecular complexity index is 652. The molecule has 4 unspecified atom stereocenters. The molecule has 2 bridgehead atoms. The molecule has 1 saturated carbocycles. The highest BCUT2D eigenvalue weighted by atomic mass is 16.5. The van der Waals surface area contributed by atoms with Gasteiger partial charge in [-0.05, 0) is 48.9 Å². The molecule has 4 atom stereocenters. The largest absolute Gasteiger partial charge is 0.494 e. The molecule has 134 valence electrons. The first-order valence-corrected chi connectivity index (χ1v) is 9.05. The second-order valence-electron chi connectivity index (χ2n) is 6.91. The number of rotatable bonds is 8. The van der Waals surface area contributed by atoms with Crippen LogP contribution in [-0.4, -0.2) is 23.6 Å². The molecule has 25 heavy (non-hydrogen) atoms. The van der Waals surface area contributed by atoms with Gasteiger partial charge in [0.05, 0.1) is 18.4 Å². The summed E-state index contributed by atoms with van der Waals surface area (Å²) in [7, 11) is 0. The van der Waals surface area contributed by atoms with Gasteiger partial charge in [-0.3, -0.25) is 9.59 Å². The van der Waals surface area contributed by atoms with Crippen LogP contribution in [0.5, 0.6) is 5.75 Å². The van der Waals surface area contributed by atoms with Gasteiger partial charge in [0.1, 0.15) is 5.75 Å². The maximum absolute atomic E-state index is 12.6. The van der Waals surface area contributed by atoms with Crippen molar-refractivity contribution in [2.75, 3.05) is 11.9 Å². The summed E-state index contributed by atoms with van der Waals surface area (Å²) in [6, 6.07) is 7.26. The predicted octanol–water partition coefficient (Wildman–Crippen LogP) is 3.72. The van der Waals surface area contributed by atoms with Crippen LogP contribution in [0.25, 0.3) is 0 Å². The molecule has 3 rings (SSSR count). The third-order valence-electron chi connectivity index (χ3n) is 5.19. The molecule has 1 fully saturated rings. The molecule has 2 aliphatic rings. The Morgan fingerprint density at radius 3 is 2.44 bits per heavy atom. The molecular weight excluding hydrogens is 318 g/mol. The summed E-state index contributed by atoms with van der Waals surface area (Å²) in [4.78, 5) is 24.1. The standard InChI is InChI=1S/C20H25NO4/c1-2-3-4-11-25-16-9-7-15(8-10-16)21-19(22)17-13-5-6-14(12-13)18(17)20(23)24/h5-10,13-14,17-18H,2-4,11-12H2,1H3,(H,21,22)(H,23,24). The molecule has 0 aromatic heterocycles. The van der Waals surface area contributed by atoms with Crippen molar-refractivity contribution >= 4 is 17.6 Å². The SMILES string of the molecule is CCCCCOc1ccc(NC(=O)C2C3C=CC(C3)C2C(=O)O)cc1. The van der Waals surface area contributed by atoms with Crippen LogP contribution in [-0.2, 0) is 9.59 Å². The molecule has 0 saturated heterocycles. The number of hydrogen-bond donors (Lipinski definition) is 2. The topological polar surface area (TPSA) is 75.6 Å². The summed E-state index contributed by atoms with van der Waals surface area (Å²) in [5.41, 5.74) is 0.668. The number of benzene rings is 1. The number of hydrogen-bond acceptors (Lipinski definition) is 3. The van der Waals surface area contributed by atoms with E-state index < -0.39 is 17.8 Å². The number of aliphatic carboxylic acids is 1. The number of amides is 1. The molecule has 0 radical (unpaired) electrons. The van der Waals surface area contributed by atoms with Crippen molar-refractivity contribution in [3.05, 3.63) is 36.4 Å². The fourth-order valence-corrected chi connectivity index (χ4v) is 3.92. The molecule has 0 heterocycles. The van der Waals surface area contributed by atoms with Gasteiger partial charge >= 0.3 is 5.97 Å². The molecule has 5 heteroatoms. The van der Waals surface area contributed by atoms with E-state index in [4.69, 9.17) is 4.74 Å². The van der Waals surface area contributed by atoms with Gasteiger partial charge in [0.2, 0.25) is 5.91 Å². The average molecular weight is 343 g/mol. The fourth-order valence-electron chi connectivity index (χ4n) is 3.92. The van der Waals surface area contributed by atoms with Gasteiger partial charge in [0.25, 0.3) is 0 Å². The van der Waals surface area contributed by atoms with E-state index in [-0.39, 0.29) is 17.7 Å². The van der Waals surface area contributed by atoms with Crippen molar-refractivity contribution in [3.8, 4) is 5.75 Å². The number of carbonyl (C=O) groups excluding carboxylic acids is 1. The van der Waals surface area contributed by atoms with E-state index in [9.17, 15) is 14.7 Å². The van der Waals surface area contributed by atoms with Gasteiger partial charge in [0, 0.05) is 5.69 Å². The van der Waals surface area contributed by atoms with Crippen molar-refractivity contribution in [1.29, 1.82) is 0 Å². The lowest BCUT2D eigenvalue weighted by atomic mass is 9.82. The van der Waals surface area contributed by atoms with E-state index in [0.29, 0.717) is 12.3 Å². The van der Waals surface area contributed by atoms with E-state index in [1.807, 2.05) is 24.3 Å². The maximum Gasteiger partial charge on any atom is 0.307 e. The minimum Gasteiger partial charge on any atom is -0.494 e. The number of nitrogens with one attached hydrogen (secondary N) is 1. The van der Waals surface area contributed by atoms with E-state index in [2.05, 4.69) is 12.2 Å². The Hall–Kier alpha value is -2.30. The molecule has 0 aliphatic heterocycles. The summed E-state index contributed by atoms with van der Waals surface area (Å²) in [5.74, 6) is -1.40. The number of carboxylic acids is 1. The highest BCUT2D eigenvalue weighted by Gasteiger charge is 2.51. The Labute approximate surface area is 148 Å². The van der Waals surface area contributed by atoms with Crippen molar-refractivity contribution in [2.24, 2.45) is 23.7 Å². The molecule has 2 N–H and O–H groups in total. The molecular formula is C20H25NO4. The molecule has 5 nitrogen and oxygen atoms in total. The zero-order valence-electron chi connectivity index (χ0n) is 14.5. The highest BCUT2D eigenvalue weighted by molar-refractivity contribution is 5.96. The van der Waals surface area contributed by atoms with Crippen LogP contribution < -0.4 is 10.1 Å². The molecule has 1 aromatic rings. The van der Waals surface area contributed by atoms with Gasteiger partial charge in [-0.2, -0.15) is 0 Å². The first kappa shape index (κ1) is 17.5. The molecule has 2 aliphatic carbocycles.